The quantitative estimate of drug-likeness (QED) is 0.647. The first-order valence-electron chi connectivity index (χ1n) is 8.33. The second kappa shape index (κ2) is 8.01. The number of nitrogens with one attached hydrogen (secondary N) is 1. The Bertz CT molecular complexity index is 1050. The molecule has 3 aromatic rings. The van der Waals surface area contributed by atoms with Crippen molar-refractivity contribution in [1.29, 1.82) is 10.5 Å². The summed E-state index contributed by atoms with van der Waals surface area (Å²) in [6, 6.07) is 21.6. The number of aromatic nitrogens is 1. The zero-order chi connectivity index (χ0) is 19.2. The van der Waals surface area contributed by atoms with Crippen LogP contribution in [0.4, 0.5) is 11.6 Å². The molecule has 0 aliphatic heterocycles. The fourth-order valence-electron chi connectivity index (χ4n) is 2.90. The molecule has 0 aliphatic carbocycles. The molecule has 6 heteroatoms. The van der Waals surface area contributed by atoms with Gasteiger partial charge in [-0.25, -0.2) is 4.98 Å². The predicted molar refractivity (Wildman–Crippen MR) is 105 cm³/mol. The molecular weight excluding hydrogens is 338 g/mol. The standard InChI is InChI=1S/C21H17N5O/c22-12-17-19(18(13-23)21(25-9-10-27)26-20(17)24)16-8-4-7-15(11-16)14-5-2-1-3-6-14/h1-8,11,27H,9-10H2,(H3,24,25,26). The summed E-state index contributed by atoms with van der Waals surface area (Å²) in [5.74, 6) is 0.292. The topological polar surface area (TPSA) is 119 Å². The molecule has 1 heterocycles. The van der Waals surface area contributed by atoms with Gasteiger partial charge in [0.15, 0.2) is 0 Å². The molecular formula is C21H17N5O. The van der Waals surface area contributed by atoms with Gasteiger partial charge in [-0.2, -0.15) is 10.5 Å². The monoisotopic (exact) mass is 355 g/mol. The zero-order valence-corrected chi connectivity index (χ0v) is 14.5. The van der Waals surface area contributed by atoms with Crippen molar-refractivity contribution < 1.29 is 5.11 Å². The van der Waals surface area contributed by atoms with Crippen LogP contribution < -0.4 is 11.1 Å². The second-order valence-electron chi connectivity index (χ2n) is 5.79. The lowest BCUT2D eigenvalue weighted by Gasteiger charge is -2.15. The predicted octanol–water partition coefficient (Wildman–Crippen LogP) is 3.15. The van der Waals surface area contributed by atoms with Crippen molar-refractivity contribution >= 4 is 11.6 Å². The maximum Gasteiger partial charge on any atom is 0.147 e. The van der Waals surface area contributed by atoms with Gasteiger partial charge in [-0.3, -0.25) is 0 Å². The van der Waals surface area contributed by atoms with Crippen LogP contribution in [0.3, 0.4) is 0 Å². The van der Waals surface area contributed by atoms with Crippen molar-refractivity contribution in [3.05, 3.63) is 65.7 Å². The summed E-state index contributed by atoms with van der Waals surface area (Å²) >= 11 is 0. The van der Waals surface area contributed by atoms with Gasteiger partial charge in [0.25, 0.3) is 0 Å². The van der Waals surface area contributed by atoms with Gasteiger partial charge >= 0.3 is 0 Å². The Labute approximate surface area is 157 Å². The van der Waals surface area contributed by atoms with Crippen LogP contribution in [0.15, 0.2) is 54.6 Å². The highest BCUT2D eigenvalue weighted by atomic mass is 16.3. The van der Waals surface area contributed by atoms with E-state index in [9.17, 15) is 10.5 Å². The van der Waals surface area contributed by atoms with Gasteiger partial charge in [0.2, 0.25) is 0 Å². The summed E-state index contributed by atoms with van der Waals surface area (Å²) in [5, 5.41) is 31.3. The number of rotatable bonds is 5. The van der Waals surface area contributed by atoms with E-state index in [0.717, 1.165) is 11.1 Å². The molecule has 0 radical (unpaired) electrons. The van der Waals surface area contributed by atoms with Crippen molar-refractivity contribution in [2.45, 2.75) is 0 Å². The van der Waals surface area contributed by atoms with E-state index >= 15 is 0 Å². The van der Waals surface area contributed by atoms with Gasteiger partial charge in [-0.05, 0) is 22.8 Å². The molecule has 0 saturated carbocycles. The van der Waals surface area contributed by atoms with Gasteiger partial charge in [-0.1, -0.05) is 48.5 Å². The molecule has 27 heavy (non-hydrogen) atoms. The molecule has 0 fully saturated rings. The Balaban J connectivity index is 2.23. The summed E-state index contributed by atoms with van der Waals surface area (Å²) in [7, 11) is 0. The highest BCUT2D eigenvalue weighted by Gasteiger charge is 2.20. The second-order valence-corrected chi connectivity index (χ2v) is 5.79. The van der Waals surface area contributed by atoms with Gasteiger partial charge in [-0.15, -0.1) is 0 Å². The van der Waals surface area contributed by atoms with Gasteiger partial charge in [0.05, 0.1) is 6.61 Å². The number of benzene rings is 2. The number of nitrogens with zero attached hydrogens (tertiary/aromatic N) is 3. The van der Waals surface area contributed by atoms with E-state index in [-0.39, 0.29) is 35.9 Å². The van der Waals surface area contributed by atoms with Crippen molar-refractivity contribution in [2.24, 2.45) is 0 Å². The minimum absolute atomic E-state index is 0.0389. The molecule has 0 saturated heterocycles. The minimum atomic E-state index is -0.120. The number of aliphatic hydroxyl groups is 1. The number of nitriles is 2. The number of hydrogen-bond acceptors (Lipinski definition) is 6. The van der Waals surface area contributed by atoms with E-state index in [2.05, 4.69) is 22.4 Å². The molecule has 0 unspecified atom stereocenters. The van der Waals surface area contributed by atoms with Crippen LogP contribution in [0, 0.1) is 22.7 Å². The summed E-state index contributed by atoms with van der Waals surface area (Å²) in [6.07, 6.45) is 0. The molecule has 132 valence electrons. The number of nitrogen functional groups attached to an aromatic ring is 1. The Morgan fingerprint density at radius 1 is 0.926 bits per heavy atom. The Morgan fingerprint density at radius 3 is 2.26 bits per heavy atom. The third-order valence-corrected chi connectivity index (χ3v) is 4.11. The number of pyridine rings is 1. The Morgan fingerprint density at radius 2 is 1.59 bits per heavy atom. The average molecular weight is 355 g/mol. The van der Waals surface area contributed by atoms with Crippen LogP contribution in [0.1, 0.15) is 11.1 Å². The van der Waals surface area contributed by atoms with Gasteiger partial charge < -0.3 is 16.2 Å². The van der Waals surface area contributed by atoms with Crippen molar-refractivity contribution in [3.8, 4) is 34.4 Å². The van der Waals surface area contributed by atoms with Gasteiger partial charge in [0, 0.05) is 12.1 Å². The number of hydrogen-bond donors (Lipinski definition) is 3. The van der Waals surface area contributed by atoms with E-state index in [4.69, 9.17) is 10.8 Å². The van der Waals surface area contributed by atoms with Crippen molar-refractivity contribution in [1.82, 2.24) is 4.98 Å². The lowest BCUT2D eigenvalue weighted by atomic mass is 9.93. The van der Waals surface area contributed by atoms with E-state index in [0.29, 0.717) is 11.1 Å². The van der Waals surface area contributed by atoms with Gasteiger partial charge in [0.1, 0.15) is 34.9 Å². The fourth-order valence-corrected chi connectivity index (χ4v) is 2.90. The molecule has 0 atom stereocenters. The summed E-state index contributed by atoms with van der Waals surface area (Å²) in [6.45, 7) is 0.0990. The Hall–Kier alpha value is -3.87. The maximum absolute atomic E-state index is 9.71. The lowest BCUT2D eigenvalue weighted by Crippen LogP contribution is -2.12. The zero-order valence-electron chi connectivity index (χ0n) is 14.5. The van der Waals surface area contributed by atoms with Crippen LogP contribution in [0.25, 0.3) is 22.3 Å². The first kappa shape index (κ1) is 17.9. The van der Waals surface area contributed by atoms with E-state index < -0.39 is 0 Å². The fraction of sp³-hybridized carbons (Fsp3) is 0.0952. The van der Waals surface area contributed by atoms with Crippen molar-refractivity contribution in [3.63, 3.8) is 0 Å². The molecule has 0 amide bonds. The molecule has 3 rings (SSSR count). The summed E-state index contributed by atoms with van der Waals surface area (Å²) < 4.78 is 0. The number of nitrogens with two attached hydrogens (primary N) is 1. The smallest absolute Gasteiger partial charge is 0.147 e. The van der Waals surface area contributed by atoms with Crippen LogP contribution in [-0.4, -0.2) is 23.2 Å². The molecule has 1 aromatic heterocycles. The average Bonchev–Trinajstić information content (AvgIpc) is 2.72. The number of anilines is 2. The molecule has 0 spiro atoms. The number of aliphatic hydroxyl groups excluding tert-OH is 1. The highest BCUT2D eigenvalue weighted by Crippen LogP contribution is 2.35. The Kier molecular flexibility index (Phi) is 5.32. The largest absolute Gasteiger partial charge is 0.395 e. The van der Waals surface area contributed by atoms with Crippen molar-refractivity contribution in [2.75, 3.05) is 24.2 Å². The summed E-state index contributed by atoms with van der Waals surface area (Å²) in [5.41, 5.74) is 9.47. The summed E-state index contributed by atoms with van der Waals surface area (Å²) in [4.78, 5) is 4.13. The van der Waals surface area contributed by atoms with E-state index in [1.54, 1.807) is 0 Å². The SMILES string of the molecule is N#Cc1c(N)nc(NCCO)c(C#N)c1-c1cccc(-c2ccccc2)c1. The van der Waals surface area contributed by atoms with E-state index in [1.807, 2.05) is 54.6 Å². The van der Waals surface area contributed by atoms with Crippen LogP contribution in [-0.2, 0) is 0 Å². The maximum atomic E-state index is 9.71. The van der Waals surface area contributed by atoms with Crippen LogP contribution in [0.5, 0.6) is 0 Å². The molecule has 0 aliphatic rings. The van der Waals surface area contributed by atoms with E-state index in [1.165, 1.54) is 0 Å². The van der Waals surface area contributed by atoms with Crippen LogP contribution in [0.2, 0.25) is 0 Å². The normalized spacial score (nSPS) is 10.0. The molecule has 4 N–H and O–H groups in total. The molecule has 0 bridgehead atoms. The molecule has 6 nitrogen and oxygen atoms in total. The van der Waals surface area contributed by atoms with Crippen LogP contribution >= 0.6 is 0 Å². The minimum Gasteiger partial charge on any atom is -0.395 e. The molecule has 2 aromatic carbocycles. The highest BCUT2D eigenvalue weighted by molar-refractivity contribution is 5.86. The first-order valence-corrected chi connectivity index (χ1v) is 8.33. The third kappa shape index (κ3) is 3.57. The first-order chi connectivity index (χ1) is 13.2. The lowest BCUT2D eigenvalue weighted by molar-refractivity contribution is 0.311. The third-order valence-electron chi connectivity index (χ3n) is 4.11.